The quantitative estimate of drug-likeness (QED) is 0.181. The predicted octanol–water partition coefficient (Wildman–Crippen LogP) is 16.9. The average molecular weight is 899 g/mol. The maximum absolute atomic E-state index is 11.4. The van der Waals surface area contributed by atoms with Crippen LogP contribution in [0.1, 0.15) is 79.0 Å². The molecule has 0 aliphatic rings. The number of pyridine rings is 1. The Morgan fingerprint density at radius 2 is 1.01 bits per heavy atom. The molecule has 0 bridgehead atoms. The fourth-order valence-electron chi connectivity index (χ4n) is 9.99. The number of para-hydroxylation sites is 3. The zero-order valence-corrected chi connectivity index (χ0v) is 41.1. The molecule has 8 aromatic carbocycles. The van der Waals surface area contributed by atoms with Gasteiger partial charge in [-0.25, -0.2) is 4.98 Å². The second kappa shape index (κ2) is 16.2. The lowest BCUT2D eigenvalue weighted by Gasteiger charge is -2.27. The van der Waals surface area contributed by atoms with E-state index in [0.717, 1.165) is 50.2 Å². The summed E-state index contributed by atoms with van der Waals surface area (Å²) in [7, 11) is 0. The van der Waals surface area contributed by atoms with Crippen LogP contribution in [-0.4, -0.2) is 24.2 Å². The van der Waals surface area contributed by atoms with Crippen LogP contribution in [-0.2, 0) is 16.2 Å². The van der Waals surface area contributed by atoms with Gasteiger partial charge < -0.3 is 9.67 Å². The van der Waals surface area contributed by atoms with Gasteiger partial charge in [-0.15, -0.1) is 0 Å². The first-order valence-corrected chi connectivity index (χ1v) is 24.1. The van der Waals surface area contributed by atoms with Crippen molar-refractivity contribution in [2.45, 2.75) is 78.6 Å². The lowest BCUT2D eigenvalue weighted by atomic mass is 9.80. The third-order valence-electron chi connectivity index (χ3n) is 13.9. The van der Waals surface area contributed by atoms with E-state index in [1.807, 2.05) is 24.4 Å². The van der Waals surface area contributed by atoms with Gasteiger partial charge in [0.1, 0.15) is 11.6 Å². The molecule has 5 heteroatoms. The third kappa shape index (κ3) is 7.76. The van der Waals surface area contributed by atoms with Crippen LogP contribution in [0.25, 0.3) is 99.9 Å². The van der Waals surface area contributed by atoms with Gasteiger partial charge in [-0.05, 0) is 134 Å². The van der Waals surface area contributed by atoms with Gasteiger partial charge in [0.15, 0.2) is 0 Å². The standard InChI is InChI=1S/C64H58N4O/c1-62(2,3)45-33-43(50-23-17-26-58-60(50)66-61(52-22-13-15-27-59(52)69)67(58)48-38-46(63(4,5)6)37-47(39-48)64(7,8)9)32-44(34-45)54-36-42(30-31-65-54)41-28-29-57-53(35-41)51-21-12-14-24-56(51)68(57)55-25-16-19-40-18-10-11-20-49(40)55/h10-39,69H,1-9H3. The van der Waals surface area contributed by atoms with Crippen molar-refractivity contribution >= 4 is 43.6 Å². The van der Waals surface area contributed by atoms with E-state index in [4.69, 9.17) is 9.97 Å². The Hall–Kier alpha value is -7.76. The smallest absolute Gasteiger partial charge is 0.149 e. The van der Waals surface area contributed by atoms with Gasteiger partial charge in [-0.2, -0.15) is 0 Å². The molecule has 0 saturated heterocycles. The molecule has 5 nitrogen and oxygen atoms in total. The average Bonchev–Trinajstić information content (AvgIpc) is 3.89. The zero-order chi connectivity index (χ0) is 48.0. The number of aromatic hydroxyl groups is 1. The van der Waals surface area contributed by atoms with Gasteiger partial charge in [0, 0.05) is 39.2 Å². The summed E-state index contributed by atoms with van der Waals surface area (Å²) in [5.74, 6) is 0.886. The van der Waals surface area contributed by atoms with Crippen molar-refractivity contribution in [2.24, 2.45) is 0 Å². The second-order valence-corrected chi connectivity index (χ2v) is 21.8. The number of nitrogens with zero attached hydrogens (tertiary/aromatic N) is 4. The van der Waals surface area contributed by atoms with E-state index >= 15 is 0 Å². The molecule has 0 radical (unpaired) electrons. The molecule has 0 atom stereocenters. The molecule has 69 heavy (non-hydrogen) atoms. The van der Waals surface area contributed by atoms with Gasteiger partial charge in [0.2, 0.25) is 0 Å². The molecule has 3 heterocycles. The monoisotopic (exact) mass is 898 g/mol. The minimum absolute atomic E-state index is 0.0903. The first-order valence-electron chi connectivity index (χ1n) is 24.1. The first-order chi connectivity index (χ1) is 33.0. The number of hydrogen-bond donors (Lipinski definition) is 1. The Bertz CT molecular complexity index is 3770. The van der Waals surface area contributed by atoms with Gasteiger partial charge in [-0.3, -0.25) is 9.55 Å². The van der Waals surface area contributed by atoms with E-state index in [0.29, 0.717) is 11.4 Å². The van der Waals surface area contributed by atoms with E-state index in [1.54, 1.807) is 6.07 Å². The first kappa shape index (κ1) is 43.8. The topological polar surface area (TPSA) is 55.9 Å². The number of fused-ring (bicyclic) bond motifs is 5. The highest BCUT2D eigenvalue weighted by atomic mass is 16.3. The Labute approximate surface area is 405 Å². The molecular weight excluding hydrogens is 841 g/mol. The van der Waals surface area contributed by atoms with Crippen LogP contribution in [0.2, 0.25) is 0 Å². The van der Waals surface area contributed by atoms with Crippen LogP contribution in [0, 0.1) is 0 Å². The fourth-order valence-corrected chi connectivity index (χ4v) is 9.99. The Morgan fingerprint density at radius 1 is 0.420 bits per heavy atom. The highest BCUT2D eigenvalue weighted by Gasteiger charge is 2.26. The molecule has 0 amide bonds. The summed E-state index contributed by atoms with van der Waals surface area (Å²) < 4.78 is 4.66. The number of rotatable bonds is 6. The lowest BCUT2D eigenvalue weighted by Crippen LogP contribution is -2.17. The van der Waals surface area contributed by atoms with Gasteiger partial charge in [-0.1, -0.05) is 159 Å². The Morgan fingerprint density at radius 3 is 1.77 bits per heavy atom. The molecule has 0 aliphatic carbocycles. The zero-order valence-electron chi connectivity index (χ0n) is 41.1. The summed E-state index contributed by atoms with van der Waals surface area (Å²) in [5, 5.41) is 16.3. The highest BCUT2D eigenvalue weighted by Crippen LogP contribution is 2.43. The Balaban J connectivity index is 1.07. The molecule has 11 rings (SSSR count). The molecule has 3 aromatic heterocycles. The molecule has 340 valence electrons. The van der Waals surface area contributed by atoms with Crippen LogP contribution in [0.5, 0.6) is 5.75 Å². The summed E-state index contributed by atoms with van der Waals surface area (Å²) in [6, 6.07) is 63.0. The molecule has 1 N–H and O–H groups in total. The summed E-state index contributed by atoms with van der Waals surface area (Å²) >= 11 is 0. The van der Waals surface area contributed by atoms with E-state index in [9.17, 15) is 5.11 Å². The number of phenolic OH excluding ortho intramolecular Hbond substituents is 1. The summed E-state index contributed by atoms with van der Waals surface area (Å²) in [6.45, 7) is 20.4. The maximum Gasteiger partial charge on any atom is 0.149 e. The van der Waals surface area contributed by atoms with Crippen LogP contribution < -0.4 is 0 Å². The van der Waals surface area contributed by atoms with E-state index in [-0.39, 0.29) is 22.0 Å². The third-order valence-corrected chi connectivity index (χ3v) is 13.9. The molecule has 0 unspecified atom stereocenters. The largest absolute Gasteiger partial charge is 0.507 e. The summed E-state index contributed by atoms with van der Waals surface area (Å²) in [4.78, 5) is 10.5. The maximum atomic E-state index is 11.4. The van der Waals surface area contributed by atoms with Crippen molar-refractivity contribution in [3.8, 4) is 62.0 Å². The number of aromatic nitrogens is 4. The van der Waals surface area contributed by atoms with Crippen molar-refractivity contribution in [2.75, 3.05) is 0 Å². The van der Waals surface area contributed by atoms with E-state index in [2.05, 4.69) is 223 Å². The highest BCUT2D eigenvalue weighted by molar-refractivity contribution is 6.11. The summed E-state index contributed by atoms with van der Waals surface area (Å²) in [5.41, 5.74) is 16.7. The SMILES string of the molecule is CC(C)(C)c1cc(-c2cc(-c3ccc4c(c3)c3ccccc3n4-c3cccc4ccccc34)ccn2)cc(-c2cccc3c2nc(-c2ccccc2O)n3-c2cc(C(C)(C)C)cc(C(C)(C)C)c2)c1. The number of benzene rings is 8. The molecule has 11 aromatic rings. The van der Waals surface area contributed by atoms with E-state index < -0.39 is 0 Å². The molecular formula is C64H58N4O. The normalized spacial score (nSPS) is 12.5. The minimum atomic E-state index is -0.156. The van der Waals surface area contributed by atoms with Gasteiger partial charge in [0.25, 0.3) is 0 Å². The van der Waals surface area contributed by atoms with Crippen LogP contribution >= 0.6 is 0 Å². The molecule has 0 aliphatic heterocycles. The second-order valence-electron chi connectivity index (χ2n) is 21.8. The van der Waals surface area contributed by atoms with Crippen LogP contribution in [0.15, 0.2) is 182 Å². The Kier molecular flexibility index (Phi) is 10.3. The lowest BCUT2D eigenvalue weighted by molar-refractivity contribution is 0.477. The van der Waals surface area contributed by atoms with Crippen LogP contribution in [0.4, 0.5) is 0 Å². The number of hydrogen-bond acceptors (Lipinski definition) is 3. The molecule has 0 saturated carbocycles. The van der Waals surface area contributed by atoms with Gasteiger partial charge >= 0.3 is 0 Å². The van der Waals surface area contributed by atoms with Crippen LogP contribution in [0.3, 0.4) is 0 Å². The van der Waals surface area contributed by atoms with Crippen molar-refractivity contribution in [3.05, 3.63) is 199 Å². The molecule has 0 spiro atoms. The van der Waals surface area contributed by atoms with Crippen molar-refractivity contribution in [1.29, 1.82) is 0 Å². The molecule has 0 fully saturated rings. The fraction of sp³-hybridized carbons (Fsp3) is 0.188. The number of imidazole rings is 1. The minimum Gasteiger partial charge on any atom is -0.507 e. The van der Waals surface area contributed by atoms with E-state index in [1.165, 1.54) is 55.0 Å². The van der Waals surface area contributed by atoms with Gasteiger partial charge in [0.05, 0.1) is 39.0 Å². The van der Waals surface area contributed by atoms with Crippen molar-refractivity contribution < 1.29 is 5.11 Å². The van der Waals surface area contributed by atoms with Crippen molar-refractivity contribution in [1.82, 2.24) is 19.1 Å². The van der Waals surface area contributed by atoms with Crippen molar-refractivity contribution in [3.63, 3.8) is 0 Å². The predicted molar refractivity (Wildman–Crippen MR) is 290 cm³/mol. The summed E-state index contributed by atoms with van der Waals surface area (Å²) in [6.07, 6.45) is 1.94. The number of phenols is 1.